The average Bonchev–Trinajstić information content (AvgIpc) is 2.78. The van der Waals surface area contributed by atoms with Gasteiger partial charge >= 0.3 is 13.5 Å². The van der Waals surface area contributed by atoms with E-state index < -0.39 is 24.7 Å². The molecule has 2 fully saturated rings. The van der Waals surface area contributed by atoms with Crippen LogP contribution in [0.15, 0.2) is 17.1 Å². The van der Waals surface area contributed by atoms with Crippen LogP contribution in [-0.2, 0) is 18.3 Å². The van der Waals surface area contributed by atoms with Gasteiger partial charge < -0.3 is 15.4 Å². The van der Waals surface area contributed by atoms with Gasteiger partial charge in [-0.15, -0.1) is 11.8 Å². The molecule has 0 amide bonds. The number of hydrogen-bond donors (Lipinski definition) is 2. The van der Waals surface area contributed by atoms with Gasteiger partial charge in [-0.2, -0.15) is 4.98 Å². The lowest BCUT2D eigenvalue weighted by Gasteiger charge is -2.33. The van der Waals surface area contributed by atoms with Crippen molar-refractivity contribution in [1.29, 1.82) is 0 Å². The Bertz CT molecular complexity index is 624. The first kappa shape index (κ1) is 14.1. The molecular formula is C9H12N3O6PS. The molecule has 3 N–H and O–H groups in total. The Balaban J connectivity index is 1.77. The van der Waals surface area contributed by atoms with Crippen molar-refractivity contribution in [2.45, 2.75) is 11.2 Å². The Morgan fingerprint density at radius 2 is 2.25 bits per heavy atom. The molecule has 1 aromatic heterocycles. The zero-order valence-electron chi connectivity index (χ0n) is 10.2. The van der Waals surface area contributed by atoms with Crippen LogP contribution in [0.1, 0.15) is 6.23 Å². The van der Waals surface area contributed by atoms with E-state index in [1.54, 1.807) is 0 Å². The minimum absolute atomic E-state index is 0.0842. The summed E-state index contributed by atoms with van der Waals surface area (Å²) in [5.74, 6) is 0.602. The Morgan fingerprint density at radius 3 is 2.90 bits per heavy atom. The molecule has 1 spiro atoms. The summed E-state index contributed by atoms with van der Waals surface area (Å²) >= 11 is 1.36. The van der Waals surface area contributed by atoms with Crippen molar-refractivity contribution < 1.29 is 23.2 Å². The summed E-state index contributed by atoms with van der Waals surface area (Å²) in [6.07, 6.45) is 0.945. The van der Waals surface area contributed by atoms with Crippen molar-refractivity contribution in [2.24, 2.45) is 0 Å². The Morgan fingerprint density at radius 1 is 1.55 bits per heavy atom. The zero-order valence-corrected chi connectivity index (χ0v) is 11.9. The first-order valence-electron chi connectivity index (χ1n) is 5.68. The summed E-state index contributed by atoms with van der Waals surface area (Å²) in [5, 5.41) is 0. The minimum atomic E-state index is -3.96. The molecule has 0 bridgehead atoms. The summed E-state index contributed by atoms with van der Waals surface area (Å²) in [4.78, 5) is 23.6. The maximum atomic E-state index is 11.7. The summed E-state index contributed by atoms with van der Waals surface area (Å²) in [7, 11) is -3.96. The molecule has 0 aromatic carbocycles. The van der Waals surface area contributed by atoms with Crippen LogP contribution in [0.2, 0.25) is 0 Å². The Labute approximate surface area is 117 Å². The van der Waals surface area contributed by atoms with Gasteiger partial charge in [0.25, 0.3) is 0 Å². The van der Waals surface area contributed by atoms with Crippen LogP contribution in [0.5, 0.6) is 0 Å². The van der Waals surface area contributed by atoms with Crippen LogP contribution in [0, 0.1) is 0 Å². The van der Waals surface area contributed by atoms with E-state index in [2.05, 4.69) is 4.98 Å². The number of aromatic nitrogens is 2. The van der Waals surface area contributed by atoms with Gasteiger partial charge in [-0.1, -0.05) is 0 Å². The van der Waals surface area contributed by atoms with Gasteiger partial charge in [0.05, 0.1) is 13.2 Å². The summed E-state index contributed by atoms with van der Waals surface area (Å²) in [6.45, 7) is -0.168. The second-order valence-electron chi connectivity index (χ2n) is 4.35. The molecule has 0 saturated carbocycles. The third kappa shape index (κ3) is 2.62. The van der Waals surface area contributed by atoms with Gasteiger partial charge in [-0.25, -0.2) is 9.36 Å². The monoisotopic (exact) mass is 321 g/mol. The number of nitrogens with zero attached hydrogens (tertiary/aromatic N) is 2. The van der Waals surface area contributed by atoms with Crippen LogP contribution in [-0.4, -0.2) is 38.3 Å². The number of thioether (sulfide) groups is 1. The summed E-state index contributed by atoms with van der Waals surface area (Å²) < 4.78 is 27.8. The highest BCUT2D eigenvalue weighted by Gasteiger charge is 2.49. The molecule has 0 aliphatic carbocycles. The molecule has 1 aromatic rings. The standard InChI is InChI=1S/C9H12N3O6PS/c10-6-1-2-12(8(13)11-6)7-3-20-9(18-7)4-16-19(14,15)17-5-9/h1-2,7H,3-5H2,(H,14,15)(H2,10,11,13). The van der Waals surface area contributed by atoms with E-state index in [1.165, 1.54) is 28.6 Å². The quantitative estimate of drug-likeness (QED) is 0.683. The van der Waals surface area contributed by atoms with Gasteiger partial charge in [0, 0.05) is 11.9 Å². The molecular weight excluding hydrogens is 309 g/mol. The van der Waals surface area contributed by atoms with Gasteiger partial charge in [-0.05, 0) is 6.07 Å². The topological polar surface area (TPSA) is 126 Å². The lowest BCUT2D eigenvalue weighted by atomic mass is 10.4. The van der Waals surface area contributed by atoms with Gasteiger partial charge in [0.15, 0.2) is 4.93 Å². The second-order valence-corrected chi connectivity index (χ2v) is 7.17. The molecule has 110 valence electrons. The maximum absolute atomic E-state index is 11.7. The highest BCUT2D eigenvalue weighted by atomic mass is 32.2. The van der Waals surface area contributed by atoms with Crippen molar-refractivity contribution in [2.75, 3.05) is 24.7 Å². The Kier molecular flexibility index (Phi) is 3.39. The summed E-state index contributed by atoms with van der Waals surface area (Å²) in [5.41, 5.74) is 4.91. The average molecular weight is 321 g/mol. The van der Waals surface area contributed by atoms with Crippen LogP contribution >= 0.6 is 19.6 Å². The Hall–Kier alpha value is -0.900. The number of anilines is 1. The highest BCUT2D eigenvalue weighted by Crippen LogP contribution is 2.54. The highest BCUT2D eigenvalue weighted by molar-refractivity contribution is 8.00. The number of nitrogen functional groups attached to an aromatic ring is 1. The lowest BCUT2D eigenvalue weighted by molar-refractivity contribution is -0.109. The fourth-order valence-electron chi connectivity index (χ4n) is 1.91. The van der Waals surface area contributed by atoms with Crippen LogP contribution in [0.3, 0.4) is 0 Å². The van der Waals surface area contributed by atoms with E-state index in [0.29, 0.717) is 5.75 Å². The van der Waals surface area contributed by atoms with Gasteiger partial charge in [-0.3, -0.25) is 13.6 Å². The van der Waals surface area contributed by atoms with E-state index in [1.807, 2.05) is 0 Å². The molecule has 11 heteroatoms. The first-order valence-corrected chi connectivity index (χ1v) is 8.16. The third-order valence-electron chi connectivity index (χ3n) is 2.90. The normalized spacial score (nSPS) is 37.4. The predicted octanol–water partition coefficient (Wildman–Crippen LogP) is -0.0690. The fourth-order valence-corrected chi connectivity index (χ4v) is 4.04. The third-order valence-corrected chi connectivity index (χ3v) is 5.12. The summed E-state index contributed by atoms with van der Waals surface area (Å²) in [6, 6.07) is 1.50. The fraction of sp³-hybridized carbons (Fsp3) is 0.556. The van der Waals surface area contributed by atoms with Crippen LogP contribution < -0.4 is 11.4 Å². The van der Waals surface area contributed by atoms with Crippen molar-refractivity contribution >= 4 is 25.4 Å². The first-order chi connectivity index (χ1) is 9.39. The number of phosphoric acid groups is 1. The van der Waals surface area contributed by atoms with Gasteiger partial charge in [0.1, 0.15) is 12.0 Å². The number of nitrogens with two attached hydrogens (primary N) is 1. The van der Waals surface area contributed by atoms with Crippen molar-refractivity contribution in [1.82, 2.24) is 9.55 Å². The van der Waals surface area contributed by atoms with Crippen molar-refractivity contribution in [3.63, 3.8) is 0 Å². The molecule has 3 heterocycles. The van der Waals surface area contributed by atoms with Crippen molar-refractivity contribution in [3.05, 3.63) is 22.7 Å². The van der Waals surface area contributed by atoms with E-state index in [0.717, 1.165) is 0 Å². The molecule has 9 nitrogen and oxygen atoms in total. The molecule has 1 atom stereocenters. The smallest absolute Gasteiger partial charge is 0.383 e. The number of hydrogen-bond acceptors (Lipinski definition) is 8. The molecule has 1 unspecified atom stereocenters. The number of rotatable bonds is 1. The largest absolute Gasteiger partial charge is 0.472 e. The van der Waals surface area contributed by atoms with E-state index >= 15 is 0 Å². The van der Waals surface area contributed by atoms with E-state index in [9.17, 15) is 9.36 Å². The SMILES string of the molecule is Nc1ccn(C2CSC3(COP(=O)(O)OC3)O2)c(=O)n1. The van der Waals surface area contributed by atoms with Gasteiger partial charge in [0.2, 0.25) is 0 Å². The molecule has 20 heavy (non-hydrogen) atoms. The molecule has 3 rings (SSSR count). The molecule has 0 radical (unpaired) electrons. The number of phosphoric ester groups is 1. The van der Waals surface area contributed by atoms with Crippen LogP contribution in [0.4, 0.5) is 5.82 Å². The van der Waals surface area contributed by atoms with Crippen LogP contribution in [0.25, 0.3) is 0 Å². The molecule has 2 saturated heterocycles. The zero-order chi connectivity index (χ0) is 14.4. The van der Waals surface area contributed by atoms with Crippen molar-refractivity contribution in [3.8, 4) is 0 Å². The minimum Gasteiger partial charge on any atom is -0.383 e. The van der Waals surface area contributed by atoms with E-state index in [4.69, 9.17) is 24.4 Å². The second kappa shape index (κ2) is 4.83. The molecule has 2 aliphatic heterocycles. The maximum Gasteiger partial charge on any atom is 0.472 e. The molecule has 2 aliphatic rings. The number of ether oxygens (including phenoxy) is 1. The lowest BCUT2D eigenvalue weighted by Crippen LogP contribution is -2.40. The van der Waals surface area contributed by atoms with E-state index in [-0.39, 0.29) is 19.0 Å². The predicted molar refractivity (Wildman–Crippen MR) is 69.9 cm³/mol.